The van der Waals surface area contributed by atoms with Gasteiger partial charge in [0.25, 0.3) is 0 Å². The number of nitrogens with two attached hydrogens (primary N) is 2. The molecule has 3 aromatic rings. The van der Waals surface area contributed by atoms with Crippen LogP contribution in [0.1, 0.15) is 60.8 Å². The highest BCUT2D eigenvalue weighted by atomic mass is 19.4. The van der Waals surface area contributed by atoms with Crippen molar-refractivity contribution in [3.63, 3.8) is 0 Å². The number of halogens is 3. The molecule has 2 fully saturated rings. The molecule has 5 N–H and O–H groups in total. The summed E-state index contributed by atoms with van der Waals surface area (Å²) in [5.74, 6) is 1.77. The Kier molecular flexibility index (Phi) is 9.39. The van der Waals surface area contributed by atoms with Gasteiger partial charge < -0.3 is 31.3 Å². The average Bonchev–Trinajstić information content (AvgIpc) is 3.05. The number of likely N-dealkylation sites (tertiary alicyclic amines) is 2. The average molecular weight is 653 g/mol. The molecule has 0 spiro atoms. The fourth-order valence-corrected chi connectivity index (χ4v) is 6.60. The third-order valence-electron chi connectivity index (χ3n) is 9.23. The first-order valence-electron chi connectivity index (χ1n) is 16.0. The number of aliphatic imine (C=N–C) groups is 1. The molecular weight excluding hydrogens is 613 g/mol. The van der Waals surface area contributed by atoms with Crippen molar-refractivity contribution in [2.75, 3.05) is 44.6 Å². The number of hydrogen-bond donors (Lipinski definition) is 3. The van der Waals surface area contributed by atoms with Gasteiger partial charge in [-0.2, -0.15) is 18.2 Å². The molecule has 0 saturated carbocycles. The highest BCUT2D eigenvalue weighted by Gasteiger charge is 2.31. The van der Waals surface area contributed by atoms with Crippen molar-refractivity contribution in [2.45, 2.75) is 56.7 Å². The lowest BCUT2D eigenvalue weighted by atomic mass is 9.88. The maximum Gasteiger partial charge on any atom is 0.416 e. The Bertz CT molecular complexity index is 1670. The van der Waals surface area contributed by atoms with E-state index in [1.54, 1.807) is 15.7 Å². The number of carbonyl (C=O) groups excluding carboxylic acids is 1. The molecule has 3 aliphatic rings. The maximum atomic E-state index is 13.1. The van der Waals surface area contributed by atoms with Crippen molar-refractivity contribution in [2.24, 2.45) is 16.5 Å². The molecule has 6 rings (SSSR count). The Balaban J connectivity index is 1.02. The zero-order chi connectivity index (χ0) is 33.1. The first-order valence-corrected chi connectivity index (χ1v) is 16.0. The van der Waals surface area contributed by atoms with Gasteiger partial charge >= 0.3 is 11.9 Å². The summed E-state index contributed by atoms with van der Waals surface area (Å²) >= 11 is 0. The number of hydrogen-bond acceptors (Lipinski definition) is 7. The summed E-state index contributed by atoms with van der Waals surface area (Å²) in [4.78, 5) is 38.4. The summed E-state index contributed by atoms with van der Waals surface area (Å²) in [6.45, 7) is 4.36. The number of nitrogens with zero attached hydrogens (tertiary/aromatic N) is 5. The van der Waals surface area contributed by atoms with E-state index in [-0.39, 0.29) is 35.9 Å². The molecule has 0 radical (unpaired) electrons. The number of piperidine rings is 2. The molecule has 1 amide bonds. The van der Waals surface area contributed by atoms with E-state index in [0.717, 1.165) is 75.1 Å². The number of carbonyl (C=O) groups is 1. The first kappa shape index (κ1) is 32.4. The third kappa shape index (κ3) is 7.70. The van der Waals surface area contributed by atoms with Crippen molar-refractivity contribution in [3.05, 3.63) is 75.8 Å². The number of rotatable bonds is 8. The van der Waals surface area contributed by atoms with Gasteiger partial charge in [0.15, 0.2) is 23.3 Å². The summed E-state index contributed by atoms with van der Waals surface area (Å²) in [6, 6.07) is 10.7. The van der Waals surface area contributed by atoms with Crippen LogP contribution in [0.4, 0.5) is 24.7 Å². The van der Waals surface area contributed by atoms with E-state index < -0.39 is 11.7 Å². The summed E-state index contributed by atoms with van der Waals surface area (Å²) in [7, 11) is 0. The third-order valence-corrected chi connectivity index (χ3v) is 9.23. The van der Waals surface area contributed by atoms with Crippen molar-refractivity contribution in [1.82, 2.24) is 19.4 Å². The zero-order valence-electron chi connectivity index (χ0n) is 26.0. The lowest BCUT2D eigenvalue weighted by Crippen LogP contribution is -2.39. The largest absolute Gasteiger partial charge is 0.450 e. The quantitative estimate of drug-likeness (QED) is 0.145. The van der Waals surface area contributed by atoms with Gasteiger partial charge in [-0.05, 0) is 80.0 Å². The molecule has 3 aliphatic heterocycles. The number of amides is 1. The Hall–Kier alpha value is -4.59. The summed E-state index contributed by atoms with van der Waals surface area (Å²) in [6.07, 6.45) is 1.46. The molecule has 0 unspecified atom stereocenters. The molecule has 47 heavy (non-hydrogen) atoms. The lowest BCUT2D eigenvalue weighted by Gasteiger charge is -2.33. The van der Waals surface area contributed by atoms with Crippen LogP contribution in [0.15, 0.2) is 58.4 Å². The molecule has 1 aromatic heterocycles. The van der Waals surface area contributed by atoms with Gasteiger partial charge in [-0.25, -0.2) is 4.79 Å². The van der Waals surface area contributed by atoms with Gasteiger partial charge in [0.05, 0.1) is 23.9 Å². The molecule has 4 heterocycles. The molecule has 14 heteroatoms. The number of benzene rings is 2. The second-order valence-electron chi connectivity index (χ2n) is 12.4. The molecule has 0 bridgehead atoms. The molecular formula is C33H39F3N8O3. The van der Waals surface area contributed by atoms with Crippen molar-refractivity contribution in [3.8, 4) is 11.5 Å². The molecule has 250 valence electrons. The Morgan fingerprint density at radius 1 is 1.00 bits per heavy atom. The topological polar surface area (TPSA) is 144 Å². The smallest absolute Gasteiger partial charge is 0.416 e. The monoisotopic (exact) mass is 652 g/mol. The van der Waals surface area contributed by atoms with Crippen LogP contribution in [-0.4, -0.2) is 70.5 Å². The van der Waals surface area contributed by atoms with Gasteiger partial charge in [-0.15, -0.1) is 0 Å². The van der Waals surface area contributed by atoms with E-state index in [2.05, 4.69) is 20.2 Å². The van der Waals surface area contributed by atoms with Crippen LogP contribution in [0.2, 0.25) is 0 Å². The highest BCUT2D eigenvalue weighted by Crippen LogP contribution is 2.43. The lowest BCUT2D eigenvalue weighted by molar-refractivity contribution is -0.137. The first-order chi connectivity index (χ1) is 22.5. The van der Waals surface area contributed by atoms with E-state index in [1.165, 1.54) is 12.1 Å². The Labute approximate surface area is 270 Å². The number of aromatic nitrogens is 2. The van der Waals surface area contributed by atoms with E-state index in [4.69, 9.17) is 16.2 Å². The summed E-state index contributed by atoms with van der Waals surface area (Å²) < 4.78 is 46.4. The van der Waals surface area contributed by atoms with Crippen LogP contribution < -0.4 is 27.2 Å². The highest BCUT2D eigenvalue weighted by molar-refractivity contribution is 5.79. The predicted octanol–water partition coefficient (Wildman–Crippen LogP) is 4.36. The van der Waals surface area contributed by atoms with Gasteiger partial charge in [0.1, 0.15) is 0 Å². The van der Waals surface area contributed by atoms with Crippen LogP contribution in [0.5, 0.6) is 11.5 Å². The fraction of sp³-hybridized carbons (Fsp3) is 0.455. The van der Waals surface area contributed by atoms with E-state index in [0.29, 0.717) is 42.5 Å². The number of ether oxygens (including phenoxy) is 1. The van der Waals surface area contributed by atoms with E-state index in [9.17, 15) is 22.8 Å². The number of nitrogens with one attached hydrogen (secondary N) is 1. The number of alkyl halides is 3. The zero-order valence-corrected chi connectivity index (χ0v) is 26.0. The van der Waals surface area contributed by atoms with Crippen LogP contribution in [-0.2, 0) is 17.4 Å². The van der Waals surface area contributed by atoms with Gasteiger partial charge in [-0.3, -0.25) is 14.4 Å². The van der Waals surface area contributed by atoms with Gasteiger partial charge in [-0.1, -0.05) is 18.2 Å². The van der Waals surface area contributed by atoms with Crippen LogP contribution in [0.3, 0.4) is 0 Å². The summed E-state index contributed by atoms with van der Waals surface area (Å²) in [5.41, 5.74) is 12.1. The standard InChI is InChI=1S/C33H39F3N8O3/c34-33(35,36)24-5-2-21(3-6-24)18-29(45)43-16-8-22(9-17-43)23-4-7-27-26(19-23)40-30-28(47-27)20-44(32(46)41-30)25-10-14-42(15-11-25)13-1-12-39-31(37)38/h2-7,19-20,22,25H,1,8-18H2,(H4,37,38,39)(H,40,41,46). The van der Waals surface area contributed by atoms with Gasteiger partial charge in [0, 0.05) is 38.8 Å². The van der Waals surface area contributed by atoms with E-state index >= 15 is 0 Å². The van der Waals surface area contributed by atoms with E-state index in [1.807, 2.05) is 18.2 Å². The number of anilines is 2. The minimum absolute atomic E-state index is 0.0364. The SMILES string of the molecule is NC(N)=NCCCN1CCC(n2cc3c(nc2=O)Nc2cc(C4CCN(C(=O)Cc5ccc(C(F)(F)F)cc5)CC4)ccc2O3)CC1. The second-order valence-corrected chi connectivity index (χ2v) is 12.4. The molecule has 2 aromatic carbocycles. The minimum atomic E-state index is -4.40. The molecule has 2 saturated heterocycles. The Morgan fingerprint density at radius 2 is 1.72 bits per heavy atom. The molecule has 0 aliphatic carbocycles. The van der Waals surface area contributed by atoms with Gasteiger partial charge in [0.2, 0.25) is 5.91 Å². The predicted molar refractivity (Wildman–Crippen MR) is 172 cm³/mol. The van der Waals surface area contributed by atoms with Crippen LogP contribution in [0.25, 0.3) is 0 Å². The normalized spacial score (nSPS) is 17.3. The second kappa shape index (κ2) is 13.6. The van der Waals surface area contributed by atoms with Crippen molar-refractivity contribution in [1.29, 1.82) is 0 Å². The number of fused-ring (bicyclic) bond motifs is 2. The number of guanidine groups is 1. The fourth-order valence-electron chi connectivity index (χ4n) is 6.60. The van der Waals surface area contributed by atoms with Crippen LogP contribution in [0, 0.1) is 0 Å². The molecule has 11 nitrogen and oxygen atoms in total. The maximum absolute atomic E-state index is 13.1. The van der Waals surface area contributed by atoms with Crippen LogP contribution >= 0.6 is 0 Å². The molecule has 0 atom stereocenters. The van der Waals surface area contributed by atoms with Crippen molar-refractivity contribution >= 4 is 23.4 Å². The summed E-state index contributed by atoms with van der Waals surface area (Å²) in [5, 5.41) is 3.28. The van der Waals surface area contributed by atoms with Crippen molar-refractivity contribution < 1.29 is 22.7 Å². The minimum Gasteiger partial charge on any atom is -0.450 e. The Morgan fingerprint density at radius 3 is 2.40 bits per heavy atom.